The number of likely N-dealkylation sites (N-methyl/N-ethyl adjacent to an activating group) is 1. The normalized spacial score (nSPS) is 15.2. The van der Waals surface area contributed by atoms with Gasteiger partial charge in [0, 0.05) is 26.1 Å². The summed E-state index contributed by atoms with van der Waals surface area (Å²) in [5, 5.41) is 12.1. The van der Waals surface area contributed by atoms with E-state index in [0.29, 0.717) is 44.5 Å². The van der Waals surface area contributed by atoms with Gasteiger partial charge in [-0.15, -0.1) is 14.5 Å². The molecule has 0 bridgehead atoms. The van der Waals surface area contributed by atoms with Gasteiger partial charge in [0.1, 0.15) is 12.7 Å². The van der Waals surface area contributed by atoms with E-state index in [4.69, 9.17) is 14.2 Å². The first kappa shape index (κ1) is 21.1. The Balaban J connectivity index is 1.79. The summed E-state index contributed by atoms with van der Waals surface area (Å²) in [6.45, 7) is 3.02. The zero-order chi connectivity index (χ0) is 19.5. The molecule has 0 saturated carbocycles. The number of nitrogens with one attached hydrogen (secondary N) is 1. The molecule has 1 aliphatic heterocycles. The minimum atomic E-state index is -0.892. The lowest BCUT2D eigenvalue weighted by Gasteiger charge is -2.27. The van der Waals surface area contributed by atoms with Crippen molar-refractivity contribution < 1.29 is 28.9 Å². The van der Waals surface area contributed by atoms with Gasteiger partial charge in [0.2, 0.25) is 5.82 Å². The quantitative estimate of drug-likeness (QED) is 0.215. The van der Waals surface area contributed by atoms with Gasteiger partial charge in [-0.2, -0.15) is 4.37 Å². The number of hydrogen-bond donors (Lipinski definition) is 1. The first-order chi connectivity index (χ1) is 13.1. The van der Waals surface area contributed by atoms with Gasteiger partial charge >= 0.3 is 5.97 Å². The number of morpholine rings is 1. The second-order valence-corrected chi connectivity index (χ2v) is 6.16. The molecule has 13 heteroatoms. The molecule has 12 nitrogen and oxygen atoms in total. The fraction of sp³-hybridized carbons (Fsp3) is 0.786. The molecule has 1 N–H and O–H groups in total. The molecule has 1 unspecified atom stereocenters. The van der Waals surface area contributed by atoms with Crippen LogP contribution in [0.25, 0.3) is 0 Å². The zero-order valence-electron chi connectivity index (χ0n) is 15.0. The highest BCUT2D eigenvalue weighted by Crippen LogP contribution is 2.26. The van der Waals surface area contributed by atoms with E-state index in [0.717, 1.165) is 11.7 Å². The molecule has 1 aromatic heterocycles. The van der Waals surface area contributed by atoms with Crippen LogP contribution in [0.5, 0.6) is 5.88 Å². The van der Waals surface area contributed by atoms with Gasteiger partial charge in [0.25, 0.3) is 11.0 Å². The molecule has 2 rings (SSSR count). The van der Waals surface area contributed by atoms with Crippen LogP contribution in [-0.4, -0.2) is 79.0 Å². The zero-order valence-corrected chi connectivity index (χ0v) is 15.8. The van der Waals surface area contributed by atoms with Gasteiger partial charge in [-0.1, -0.05) is 0 Å². The van der Waals surface area contributed by atoms with E-state index in [2.05, 4.69) is 18.9 Å². The summed E-state index contributed by atoms with van der Waals surface area (Å²) < 4.78 is 24.8. The van der Waals surface area contributed by atoms with Crippen molar-refractivity contribution in [1.82, 2.24) is 14.1 Å². The van der Waals surface area contributed by atoms with Gasteiger partial charge in [0.15, 0.2) is 0 Å². The molecular formula is C14H23N5O7S. The van der Waals surface area contributed by atoms with Gasteiger partial charge in [-0.05, 0) is 13.5 Å². The minimum absolute atomic E-state index is 0.0192. The number of esters is 1. The number of anilines is 1. The Morgan fingerprint density at radius 2 is 2.22 bits per heavy atom. The van der Waals surface area contributed by atoms with Crippen LogP contribution in [0.15, 0.2) is 0 Å². The average Bonchev–Trinajstić information content (AvgIpc) is 3.13. The predicted molar refractivity (Wildman–Crippen MR) is 94.4 cm³/mol. The fourth-order valence-electron chi connectivity index (χ4n) is 2.37. The first-order valence-corrected chi connectivity index (χ1v) is 9.22. The van der Waals surface area contributed by atoms with Crippen LogP contribution in [0, 0.1) is 10.1 Å². The number of aromatic nitrogens is 2. The molecule has 1 aliphatic rings. The lowest BCUT2D eigenvalue weighted by Crippen LogP contribution is -2.37. The molecule has 27 heavy (non-hydrogen) atoms. The number of ether oxygens (including phenoxy) is 3. The number of carbonyl (C=O) groups is 1. The van der Waals surface area contributed by atoms with E-state index in [-0.39, 0.29) is 26.1 Å². The second kappa shape index (κ2) is 11.5. The second-order valence-electron chi connectivity index (χ2n) is 5.63. The summed E-state index contributed by atoms with van der Waals surface area (Å²) in [4.78, 5) is 28.1. The van der Waals surface area contributed by atoms with E-state index >= 15 is 0 Å². The van der Waals surface area contributed by atoms with Crippen LogP contribution in [0.3, 0.4) is 0 Å². The summed E-state index contributed by atoms with van der Waals surface area (Å²) >= 11 is 1.05. The van der Waals surface area contributed by atoms with E-state index in [9.17, 15) is 14.9 Å². The van der Waals surface area contributed by atoms with Crippen molar-refractivity contribution in [3.05, 3.63) is 10.1 Å². The molecule has 2 heterocycles. The standard InChI is InChI=1S/C14H23N5O7S/c1-15-9-11(26-12(20)3-2-6-25-19(21)22)10-24-14-13(16-27-17-14)18-4-7-23-8-5-18/h11,15H,2-10H2,1H3. The molecule has 0 aromatic carbocycles. The average molecular weight is 405 g/mol. The van der Waals surface area contributed by atoms with Crippen LogP contribution in [0.4, 0.5) is 5.82 Å². The minimum Gasteiger partial charge on any atom is -0.470 e. The van der Waals surface area contributed by atoms with Crippen LogP contribution in [0.2, 0.25) is 0 Å². The summed E-state index contributed by atoms with van der Waals surface area (Å²) in [6.07, 6.45) is -0.312. The predicted octanol–water partition coefficient (Wildman–Crippen LogP) is -0.127. The number of hydrogen-bond acceptors (Lipinski definition) is 12. The van der Waals surface area contributed by atoms with Gasteiger partial charge in [-0.25, -0.2) is 0 Å². The molecule has 1 fully saturated rings. The number of carbonyl (C=O) groups excluding carboxylic acids is 1. The SMILES string of the molecule is CNCC(COc1nsnc1N1CCOCC1)OC(=O)CCCO[N+](=O)[O-]. The van der Waals surface area contributed by atoms with Crippen LogP contribution in [-0.2, 0) is 19.1 Å². The largest absolute Gasteiger partial charge is 0.470 e. The van der Waals surface area contributed by atoms with Crippen LogP contribution < -0.4 is 15.0 Å². The van der Waals surface area contributed by atoms with Crippen molar-refractivity contribution in [3.8, 4) is 5.88 Å². The molecule has 152 valence electrons. The van der Waals surface area contributed by atoms with Crippen molar-refractivity contribution in [2.24, 2.45) is 0 Å². The van der Waals surface area contributed by atoms with E-state index in [1.807, 2.05) is 4.90 Å². The molecule has 0 spiro atoms. The maximum absolute atomic E-state index is 11.9. The highest BCUT2D eigenvalue weighted by atomic mass is 32.1. The summed E-state index contributed by atoms with van der Waals surface area (Å²) in [7, 11) is 1.73. The topological polar surface area (TPSA) is 138 Å². The van der Waals surface area contributed by atoms with Crippen molar-refractivity contribution in [2.75, 3.05) is 58.0 Å². The van der Waals surface area contributed by atoms with Crippen LogP contribution >= 0.6 is 11.7 Å². The van der Waals surface area contributed by atoms with Crippen molar-refractivity contribution in [2.45, 2.75) is 18.9 Å². The molecule has 1 atom stereocenters. The molecular weight excluding hydrogens is 382 g/mol. The molecule has 1 aromatic rings. The Bertz CT molecular complexity index is 596. The van der Waals surface area contributed by atoms with Crippen molar-refractivity contribution in [3.63, 3.8) is 0 Å². The summed E-state index contributed by atoms with van der Waals surface area (Å²) in [5.41, 5.74) is 0. The monoisotopic (exact) mass is 405 g/mol. The Labute approximate surface area is 160 Å². The van der Waals surface area contributed by atoms with E-state index in [1.54, 1.807) is 7.05 Å². The van der Waals surface area contributed by atoms with Gasteiger partial charge in [0.05, 0.1) is 31.5 Å². The van der Waals surface area contributed by atoms with Gasteiger partial charge < -0.3 is 29.3 Å². The maximum atomic E-state index is 11.9. The number of rotatable bonds is 12. The highest BCUT2D eigenvalue weighted by molar-refractivity contribution is 6.99. The Morgan fingerprint density at radius 3 is 2.93 bits per heavy atom. The summed E-state index contributed by atoms with van der Waals surface area (Å²) in [6, 6.07) is 0. The van der Waals surface area contributed by atoms with E-state index < -0.39 is 17.2 Å². The molecule has 1 saturated heterocycles. The first-order valence-electron chi connectivity index (χ1n) is 8.49. The number of nitrogens with zero attached hydrogens (tertiary/aromatic N) is 4. The summed E-state index contributed by atoms with van der Waals surface area (Å²) in [5.74, 6) is 0.587. The Kier molecular flexibility index (Phi) is 8.94. The van der Waals surface area contributed by atoms with Crippen molar-refractivity contribution in [1.29, 1.82) is 0 Å². The third-order valence-corrected chi connectivity index (χ3v) is 4.11. The third-order valence-electron chi connectivity index (χ3n) is 3.61. The lowest BCUT2D eigenvalue weighted by molar-refractivity contribution is -0.757. The van der Waals surface area contributed by atoms with Crippen molar-refractivity contribution >= 4 is 23.5 Å². The Hall–Kier alpha value is -2.25. The van der Waals surface area contributed by atoms with Gasteiger partial charge in [-0.3, -0.25) is 4.79 Å². The molecule has 0 aliphatic carbocycles. The smallest absolute Gasteiger partial charge is 0.306 e. The fourth-order valence-corrected chi connectivity index (χ4v) is 2.89. The maximum Gasteiger partial charge on any atom is 0.306 e. The van der Waals surface area contributed by atoms with E-state index in [1.165, 1.54) is 0 Å². The van der Waals surface area contributed by atoms with Crippen LogP contribution in [0.1, 0.15) is 12.8 Å². The Morgan fingerprint density at radius 1 is 1.44 bits per heavy atom. The third kappa shape index (κ3) is 7.48. The molecule has 0 amide bonds. The highest BCUT2D eigenvalue weighted by Gasteiger charge is 2.22. The lowest BCUT2D eigenvalue weighted by atomic mass is 10.3. The molecule has 0 radical (unpaired) electrons.